The number of aliphatic hydroxyl groups excluding tert-OH is 1. The molecule has 0 aromatic heterocycles. The van der Waals surface area contributed by atoms with Gasteiger partial charge in [0.15, 0.2) is 0 Å². The fraction of sp³-hybridized carbons (Fsp3) is 0.588. The topological polar surface area (TPSA) is 75.4 Å². The van der Waals surface area contributed by atoms with Crippen molar-refractivity contribution in [2.75, 3.05) is 6.54 Å². The summed E-state index contributed by atoms with van der Waals surface area (Å²) in [6.07, 6.45) is 1.45. The zero-order valence-electron chi connectivity index (χ0n) is 12.9. The quantitative estimate of drug-likeness (QED) is 0.747. The second-order valence-electron chi connectivity index (χ2n) is 6.45. The van der Waals surface area contributed by atoms with Gasteiger partial charge in [-0.05, 0) is 35.9 Å². The summed E-state index contributed by atoms with van der Waals surface area (Å²) in [5.41, 5.74) is 7.90. The lowest BCUT2D eigenvalue weighted by Crippen LogP contribution is -2.35. The van der Waals surface area contributed by atoms with Gasteiger partial charge in [0.25, 0.3) is 0 Å². The lowest BCUT2D eigenvalue weighted by atomic mass is 9.93. The van der Waals surface area contributed by atoms with Crippen LogP contribution in [0.2, 0.25) is 0 Å². The minimum atomic E-state index is -0.534. The van der Waals surface area contributed by atoms with Crippen LogP contribution in [-0.2, 0) is 11.2 Å². The van der Waals surface area contributed by atoms with Crippen LogP contribution in [0.3, 0.4) is 0 Å². The zero-order chi connectivity index (χ0) is 15.4. The van der Waals surface area contributed by atoms with Crippen molar-refractivity contribution in [3.05, 3.63) is 35.4 Å². The molecule has 3 atom stereocenters. The molecule has 1 aromatic rings. The molecule has 0 heterocycles. The van der Waals surface area contributed by atoms with E-state index in [9.17, 15) is 9.90 Å². The fourth-order valence-corrected chi connectivity index (χ4v) is 3.17. The van der Waals surface area contributed by atoms with E-state index < -0.39 is 6.10 Å². The summed E-state index contributed by atoms with van der Waals surface area (Å²) < 4.78 is 0. The van der Waals surface area contributed by atoms with Gasteiger partial charge in [0.2, 0.25) is 5.91 Å². The second kappa shape index (κ2) is 7.05. The van der Waals surface area contributed by atoms with E-state index in [2.05, 4.69) is 19.2 Å². The minimum Gasteiger partial charge on any atom is -0.390 e. The lowest BCUT2D eigenvalue weighted by molar-refractivity contribution is -0.123. The second-order valence-corrected chi connectivity index (χ2v) is 6.45. The Morgan fingerprint density at radius 2 is 2.14 bits per heavy atom. The van der Waals surface area contributed by atoms with Gasteiger partial charge in [-0.1, -0.05) is 38.1 Å². The van der Waals surface area contributed by atoms with Crippen molar-refractivity contribution in [1.82, 2.24) is 5.32 Å². The average Bonchev–Trinajstić information content (AvgIpc) is 2.74. The lowest BCUT2D eigenvalue weighted by Gasteiger charge is -2.21. The molecule has 21 heavy (non-hydrogen) atoms. The molecular formula is C17H26N2O2. The number of aliphatic hydroxyl groups is 1. The molecule has 116 valence electrons. The molecule has 4 N–H and O–H groups in total. The molecule has 0 fully saturated rings. The maximum atomic E-state index is 12.2. The largest absolute Gasteiger partial charge is 0.390 e. The third kappa shape index (κ3) is 4.05. The number of amides is 1. The van der Waals surface area contributed by atoms with Crippen molar-refractivity contribution in [1.29, 1.82) is 0 Å². The van der Waals surface area contributed by atoms with Crippen LogP contribution in [0.4, 0.5) is 0 Å². The number of nitrogens with two attached hydrogens (primary N) is 1. The predicted octanol–water partition coefficient (Wildman–Crippen LogP) is 1.77. The van der Waals surface area contributed by atoms with Crippen molar-refractivity contribution >= 4 is 5.91 Å². The monoisotopic (exact) mass is 290 g/mol. The number of carbonyl (C=O) groups excluding carboxylic acids is 1. The van der Waals surface area contributed by atoms with E-state index in [0.29, 0.717) is 25.3 Å². The van der Waals surface area contributed by atoms with Gasteiger partial charge in [0, 0.05) is 12.8 Å². The highest BCUT2D eigenvalue weighted by molar-refractivity contribution is 5.77. The van der Waals surface area contributed by atoms with Crippen molar-refractivity contribution in [3.8, 4) is 0 Å². The van der Waals surface area contributed by atoms with Crippen LogP contribution in [-0.4, -0.2) is 23.7 Å². The van der Waals surface area contributed by atoms with Gasteiger partial charge in [-0.15, -0.1) is 0 Å². The summed E-state index contributed by atoms with van der Waals surface area (Å²) in [5.74, 6) is 0.717. The predicted molar refractivity (Wildman–Crippen MR) is 83.7 cm³/mol. The Labute approximate surface area is 126 Å². The van der Waals surface area contributed by atoms with Crippen LogP contribution in [0.1, 0.15) is 43.9 Å². The van der Waals surface area contributed by atoms with Crippen LogP contribution in [0.25, 0.3) is 0 Å². The number of hydrogen-bond donors (Lipinski definition) is 3. The van der Waals surface area contributed by atoms with Crippen LogP contribution in [0, 0.1) is 11.8 Å². The number of fused-ring (bicyclic) bond motifs is 1. The molecular weight excluding hydrogens is 264 g/mol. The van der Waals surface area contributed by atoms with E-state index in [1.54, 1.807) is 0 Å². The molecule has 0 aliphatic heterocycles. The standard InChI is InChI=1S/C17H26N2O2/c1-11(2)7-12(10-18)8-16(21)19-17-14-6-4-3-5-13(14)9-15(17)20/h3-6,11-12,15,17,20H,7-10,18H2,1-2H3,(H,19,21)/t12-,15+,17-/m0/s1. The number of benzene rings is 1. The molecule has 2 rings (SSSR count). The highest BCUT2D eigenvalue weighted by Crippen LogP contribution is 2.31. The van der Waals surface area contributed by atoms with Crippen LogP contribution in [0.15, 0.2) is 24.3 Å². The van der Waals surface area contributed by atoms with Gasteiger partial charge in [0.05, 0.1) is 12.1 Å². The third-order valence-corrected chi connectivity index (χ3v) is 4.13. The Morgan fingerprint density at radius 1 is 1.43 bits per heavy atom. The molecule has 4 heteroatoms. The highest BCUT2D eigenvalue weighted by atomic mass is 16.3. The van der Waals surface area contributed by atoms with E-state index in [1.807, 2.05) is 24.3 Å². The zero-order valence-corrected chi connectivity index (χ0v) is 12.9. The summed E-state index contributed by atoms with van der Waals surface area (Å²) in [6.45, 7) is 4.80. The summed E-state index contributed by atoms with van der Waals surface area (Å²) in [7, 11) is 0. The first-order valence-electron chi connectivity index (χ1n) is 7.76. The molecule has 0 unspecified atom stereocenters. The number of carbonyl (C=O) groups is 1. The van der Waals surface area contributed by atoms with Crippen LogP contribution >= 0.6 is 0 Å². The summed E-state index contributed by atoms with van der Waals surface area (Å²) in [6, 6.07) is 7.60. The molecule has 0 radical (unpaired) electrons. The summed E-state index contributed by atoms with van der Waals surface area (Å²) in [4.78, 5) is 12.2. The molecule has 1 aliphatic rings. The van der Waals surface area contributed by atoms with E-state index in [-0.39, 0.29) is 17.9 Å². The number of rotatable bonds is 6. The van der Waals surface area contributed by atoms with Crippen molar-refractivity contribution in [2.24, 2.45) is 17.6 Å². The van der Waals surface area contributed by atoms with Crippen molar-refractivity contribution < 1.29 is 9.90 Å². The Bertz CT molecular complexity index is 487. The minimum absolute atomic E-state index is 0.0214. The summed E-state index contributed by atoms with van der Waals surface area (Å²) in [5, 5.41) is 13.1. The maximum absolute atomic E-state index is 12.2. The maximum Gasteiger partial charge on any atom is 0.220 e. The van der Waals surface area contributed by atoms with E-state index in [4.69, 9.17) is 5.73 Å². The van der Waals surface area contributed by atoms with E-state index >= 15 is 0 Å². The van der Waals surface area contributed by atoms with Crippen molar-refractivity contribution in [2.45, 2.75) is 45.3 Å². The molecule has 1 amide bonds. The Balaban J connectivity index is 1.96. The van der Waals surface area contributed by atoms with Gasteiger partial charge in [-0.3, -0.25) is 4.79 Å². The first-order valence-corrected chi connectivity index (χ1v) is 7.76. The van der Waals surface area contributed by atoms with Gasteiger partial charge >= 0.3 is 0 Å². The molecule has 1 aromatic carbocycles. The smallest absolute Gasteiger partial charge is 0.220 e. The molecule has 0 bridgehead atoms. The van der Waals surface area contributed by atoms with Crippen LogP contribution in [0.5, 0.6) is 0 Å². The highest BCUT2D eigenvalue weighted by Gasteiger charge is 2.32. The first-order chi connectivity index (χ1) is 10.0. The van der Waals surface area contributed by atoms with Gasteiger partial charge in [0.1, 0.15) is 0 Å². The molecule has 4 nitrogen and oxygen atoms in total. The number of hydrogen-bond acceptors (Lipinski definition) is 3. The normalized spacial score (nSPS) is 22.1. The summed E-state index contributed by atoms with van der Waals surface area (Å²) >= 11 is 0. The molecule has 1 aliphatic carbocycles. The molecule has 0 saturated heterocycles. The molecule has 0 saturated carbocycles. The Hall–Kier alpha value is -1.39. The van der Waals surface area contributed by atoms with E-state index in [0.717, 1.165) is 17.5 Å². The SMILES string of the molecule is CC(C)C[C@H](CN)CC(=O)N[C@H]1c2ccccc2C[C@H]1O. The third-order valence-electron chi connectivity index (χ3n) is 4.13. The van der Waals surface area contributed by atoms with E-state index in [1.165, 1.54) is 0 Å². The fourth-order valence-electron chi connectivity index (χ4n) is 3.17. The Morgan fingerprint density at radius 3 is 2.81 bits per heavy atom. The average molecular weight is 290 g/mol. The first kappa shape index (κ1) is 16.0. The molecule has 0 spiro atoms. The van der Waals surface area contributed by atoms with Gasteiger partial charge < -0.3 is 16.2 Å². The number of nitrogens with one attached hydrogen (secondary N) is 1. The Kier molecular flexibility index (Phi) is 5.37. The van der Waals surface area contributed by atoms with Gasteiger partial charge in [-0.2, -0.15) is 0 Å². The van der Waals surface area contributed by atoms with Crippen molar-refractivity contribution in [3.63, 3.8) is 0 Å². The van der Waals surface area contributed by atoms with Crippen LogP contribution < -0.4 is 11.1 Å². The van der Waals surface area contributed by atoms with Gasteiger partial charge in [-0.25, -0.2) is 0 Å².